The fraction of sp³-hybridized carbons (Fsp3) is 0.571. The van der Waals surface area contributed by atoms with Gasteiger partial charge in [0.2, 0.25) is 0 Å². The number of hydrogen-bond acceptors (Lipinski definition) is 0. The first kappa shape index (κ1) is 13.9. The fourth-order valence-corrected chi connectivity index (χ4v) is 2.25. The van der Waals surface area contributed by atoms with Gasteiger partial charge in [-0.15, -0.1) is 0 Å². The minimum Gasteiger partial charge on any atom is -0.0827 e. The molecule has 0 atom stereocenters. The van der Waals surface area contributed by atoms with E-state index in [0.717, 1.165) is 11.4 Å². The topological polar surface area (TPSA) is 0 Å². The molecular formula is C14H20Cl2. The second kappa shape index (κ2) is 7.97. The Morgan fingerprint density at radius 3 is 2.38 bits per heavy atom. The van der Waals surface area contributed by atoms with Gasteiger partial charge >= 0.3 is 0 Å². The van der Waals surface area contributed by atoms with E-state index in [-0.39, 0.29) is 0 Å². The lowest BCUT2D eigenvalue weighted by Gasteiger charge is -2.05. The van der Waals surface area contributed by atoms with Crippen molar-refractivity contribution in [2.45, 2.75) is 51.9 Å². The normalized spacial score (nSPS) is 10.7. The number of benzene rings is 1. The van der Waals surface area contributed by atoms with Gasteiger partial charge in [-0.05, 0) is 24.5 Å². The SMILES string of the molecule is CCCCCCCCc1cccc(Cl)c1Cl. The number of aryl methyl sites for hydroxylation is 1. The van der Waals surface area contributed by atoms with Crippen LogP contribution in [-0.2, 0) is 6.42 Å². The lowest BCUT2D eigenvalue weighted by molar-refractivity contribution is 0.607. The summed E-state index contributed by atoms with van der Waals surface area (Å²) >= 11 is 12.1. The molecule has 0 nitrogen and oxygen atoms in total. The Bertz CT molecular complexity index is 308. The molecule has 0 spiro atoms. The highest BCUT2D eigenvalue weighted by atomic mass is 35.5. The molecule has 1 aromatic rings. The van der Waals surface area contributed by atoms with E-state index in [1.807, 2.05) is 12.1 Å². The predicted molar refractivity (Wildman–Crippen MR) is 73.5 cm³/mol. The van der Waals surface area contributed by atoms with Gasteiger partial charge < -0.3 is 0 Å². The van der Waals surface area contributed by atoms with Crippen LogP contribution in [0.5, 0.6) is 0 Å². The quantitative estimate of drug-likeness (QED) is 0.535. The van der Waals surface area contributed by atoms with E-state index in [1.54, 1.807) is 0 Å². The van der Waals surface area contributed by atoms with Gasteiger partial charge in [0.1, 0.15) is 0 Å². The Balaban J connectivity index is 2.24. The summed E-state index contributed by atoms with van der Waals surface area (Å²) in [6.07, 6.45) is 8.92. The molecule has 0 saturated carbocycles. The van der Waals surface area contributed by atoms with E-state index in [4.69, 9.17) is 23.2 Å². The molecule has 0 fully saturated rings. The summed E-state index contributed by atoms with van der Waals surface area (Å²) < 4.78 is 0. The van der Waals surface area contributed by atoms with Crippen LogP contribution >= 0.6 is 23.2 Å². The van der Waals surface area contributed by atoms with Crippen molar-refractivity contribution in [3.63, 3.8) is 0 Å². The number of rotatable bonds is 7. The first-order valence-electron chi connectivity index (χ1n) is 6.18. The van der Waals surface area contributed by atoms with Crippen LogP contribution in [0, 0.1) is 0 Å². The third-order valence-electron chi connectivity index (χ3n) is 2.83. The van der Waals surface area contributed by atoms with Gasteiger partial charge in [-0.3, -0.25) is 0 Å². The van der Waals surface area contributed by atoms with Crippen molar-refractivity contribution in [3.05, 3.63) is 33.8 Å². The molecule has 0 N–H and O–H groups in total. The fourth-order valence-electron chi connectivity index (χ4n) is 1.84. The van der Waals surface area contributed by atoms with Crippen LogP contribution in [0.1, 0.15) is 51.0 Å². The van der Waals surface area contributed by atoms with Crippen molar-refractivity contribution in [2.75, 3.05) is 0 Å². The first-order valence-corrected chi connectivity index (χ1v) is 6.94. The molecule has 1 aromatic carbocycles. The molecule has 0 amide bonds. The van der Waals surface area contributed by atoms with Gasteiger partial charge in [0.25, 0.3) is 0 Å². The van der Waals surface area contributed by atoms with Crippen molar-refractivity contribution in [3.8, 4) is 0 Å². The second-order valence-electron chi connectivity index (χ2n) is 4.23. The summed E-state index contributed by atoms with van der Waals surface area (Å²) in [7, 11) is 0. The maximum Gasteiger partial charge on any atom is 0.0624 e. The molecule has 0 saturated heterocycles. The summed E-state index contributed by atoms with van der Waals surface area (Å²) in [6, 6.07) is 5.88. The molecule has 0 aliphatic rings. The average molecular weight is 259 g/mol. The standard InChI is InChI=1S/C14H20Cl2/c1-2-3-4-5-6-7-9-12-10-8-11-13(15)14(12)16/h8,10-11H,2-7,9H2,1H3. The molecule has 0 unspecified atom stereocenters. The molecule has 0 radical (unpaired) electrons. The van der Waals surface area contributed by atoms with E-state index >= 15 is 0 Å². The Morgan fingerprint density at radius 2 is 1.62 bits per heavy atom. The summed E-state index contributed by atoms with van der Waals surface area (Å²) in [5, 5.41) is 1.41. The highest BCUT2D eigenvalue weighted by Crippen LogP contribution is 2.26. The van der Waals surface area contributed by atoms with Crippen molar-refractivity contribution in [2.24, 2.45) is 0 Å². The third-order valence-corrected chi connectivity index (χ3v) is 3.69. The zero-order valence-corrected chi connectivity index (χ0v) is 11.4. The van der Waals surface area contributed by atoms with Gasteiger partial charge in [-0.2, -0.15) is 0 Å². The van der Waals surface area contributed by atoms with E-state index in [2.05, 4.69) is 13.0 Å². The molecule has 0 aliphatic carbocycles. The van der Waals surface area contributed by atoms with Crippen LogP contribution < -0.4 is 0 Å². The zero-order chi connectivity index (χ0) is 11.8. The van der Waals surface area contributed by atoms with E-state index in [0.29, 0.717) is 5.02 Å². The monoisotopic (exact) mass is 258 g/mol. The Kier molecular flexibility index (Phi) is 6.91. The maximum atomic E-state index is 6.12. The van der Waals surface area contributed by atoms with Gasteiger partial charge in [-0.1, -0.05) is 74.4 Å². The van der Waals surface area contributed by atoms with E-state index in [1.165, 1.54) is 44.1 Å². The maximum absolute atomic E-state index is 6.12. The zero-order valence-electron chi connectivity index (χ0n) is 9.94. The van der Waals surface area contributed by atoms with Crippen molar-refractivity contribution < 1.29 is 0 Å². The highest BCUT2D eigenvalue weighted by molar-refractivity contribution is 6.42. The average Bonchev–Trinajstić information content (AvgIpc) is 2.29. The van der Waals surface area contributed by atoms with Crippen molar-refractivity contribution in [1.29, 1.82) is 0 Å². The summed E-state index contributed by atoms with van der Waals surface area (Å²) in [6.45, 7) is 2.24. The highest BCUT2D eigenvalue weighted by Gasteiger charge is 2.03. The summed E-state index contributed by atoms with van der Waals surface area (Å²) in [4.78, 5) is 0. The van der Waals surface area contributed by atoms with E-state index in [9.17, 15) is 0 Å². The summed E-state index contributed by atoms with van der Waals surface area (Å²) in [5.41, 5.74) is 1.18. The molecule has 1 rings (SSSR count). The van der Waals surface area contributed by atoms with E-state index < -0.39 is 0 Å². The molecule has 16 heavy (non-hydrogen) atoms. The third kappa shape index (κ3) is 4.76. The number of hydrogen-bond donors (Lipinski definition) is 0. The van der Waals surface area contributed by atoms with Crippen LogP contribution in [0.2, 0.25) is 10.0 Å². The lowest BCUT2D eigenvalue weighted by atomic mass is 10.1. The van der Waals surface area contributed by atoms with Crippen LogP contribution in [0.3, 0.4) is 0 Å². The second-order valence-corrected chi connectivity index (χ2v) is 5.02. The minimum absolute atomic E-state index is 0.671. The molecule has 90 valence electrons. The van der Waals surface area contributed by atoms with Crippen LogP contribution in [0.4, 0.5) is 0 Å². The molecule has 0 aromatic heterocycles. The molecule has 0 heterocycles. The van der Waals surface area contributed by atoms with Crippen molar-refractivity contribution in [1.82, 2.24) is 0 Å². The minimum atomic E-state index is 0.671. The van der Waals surface area contributed by atoms with Gasteiger partial charge in [0.05, 0.1) is 10.0 Å². The van der Waals surface area contributed by atoms with Crippen LogP contribution in [-0.4, -0.2) is 0 Å². The molecule has 2 heteroatoms. The van der Waals surface area contributed by atoms with Crippen molar-refractivity contribution >= 4 is 23.2 Å². The van der Waals surface area contributed by atoms with Crippen LogP contribution in [0.15, 0.2) is 18.2 Å². The first-order chi connectivity index (χ1) is 7.75. The van der Waals surface area contributed by atoms with Crippen LogP contribution in [0.25, 0.3) is 0 Å². The molecule has 0 aliphatic heterocycles. The van der Waals surface area contributed by atoms with Gasteiger partial charge in [0, 0.05) is 0 Å². The predicted octanol–water partition coefficient (Wildman–Crippen LogP) is 5.90. The smallest absolute Gasteiger partial charge is 0.0624 e. The number of unbranched alkanes of at least 4 members (excludes halogenated alkanes) is 5. The van der Waals surface area contributed by atoms with Gasteiger partial charge in [0.15, 0.2) is 0 Å². The Morgan fingerprint density at radius 1 is 0.938 bits per heavy atom. The Labute approximate surface area is 109 Å². The Hall–Kier alpha value is -0.200. The molecule has 0 bridgehead atoms. The molecular weight excluding hydrogens is 239 g/mol. The largest absolute Gasteiger partial charge is 0.0827 e. The lowest BCUT2D eigenvalue weighted by Crippen LogP contribution is -1.88. The number of halogens is 2. The van der Waals surface area contributed by atoms with Gasteiger partial charge in [-0.25, -0.2) is 0 Å². The summed E-state index contributed by atoms with van der Waals surface area (Å²) in [5.74, 6) is 0.